The van der Waals surface area contributed by atoms with Crippen molar-refractivity contribution in [1.82, 2.24) is 0 Å². The molecule has 0 radical (unpaired) electrons. The van der Waals surface area contributed by atoms with E-state index in [1.807, 2.05) is 12.1 Å². The summed E-state index contributed by atoms with van der Waals surface area (Å²) in [6, 6.07) is 8.88. The van der Waals surface area contributed by atoms with Crippen molar-refractivity contribution in [3.63, 3.8) is 0 Å². The van der Waals surface area contributed by atoms with Gasteiger partial charge in [0, 0.05) is 24.0 Å². The molecule has 0 aliphatic carbocycles. The summed E-state index contributed by atoms with van der Waals surface area (Å²) in [5.74, 6) is 2.47. The third-order valence-corrected chi connectivity index (χ3v) is 6.23. The lowest BCUT2D eigenvalue weighted by atomic mass is 9.75. The molecule has 0 spiro atoms. The topological polar surface area (TPSA) is 47.9 Å². The Bertz CT molecular complexity index is 890. The van der Waals surface area contributed by atoms with Gasteiger partial charge in [-0.2, -0.15) is 0 Å². The molecular weight excluding hydrogens is 318 g/mol. The van der Waals surface area contributed by atoms with E-state index in [4.69, 9.17) is 14.2 Å². The number of rotatable bonds is 1. The first-order valence-corrected chi connectivity index (χ1v) is 8.64. The number of phenolic OH excluding ortho intramolecular Hbond substituents is 1. The number of benzene rings is 2. The average Bonchev–Trinajstić information content (AvgIpc) is 3.02. The number of aromatic hydroxyl groups is 1. The average molecular weight is 340 g/mol. The fraction of sp³-hybridized carbons (Fsp3) is 0.400. The van der Waals surface area contributed by atoms with Crippen molar-refractivity contribution in [2.75, 3.05) is 28.0 Å². The second kappa shape index (κ2) is 4.82. The van der Waals surface area contributed by atoms with Crippen molar-refractivity contribution >= 4 is 0 Å². The SMILES string of the molecule is COc1cc2c(cc1O)CC1c3cc4c(cc3CC2[N+]1(C)C)OCO4. The summed E-state index contributed by atoms with van der Waals surface area (Å²) in [5.41, 5.74) is 5.18. The van der Waals surface area contributed by atoms with Gasteiger partial charge in [0.1, 0.15) is 12.1 Å². The van der Waals surface area contributed by atoms with Crippen LogP contribution in [-0.2, 0) is 12.8 Å². The first-order chi connectivity index (χ1) is 12.0. The van der Waals surface area contributed by atoms with Crippen LogP contribution in [-0.4, -0.2) is 37.6 Å². The minimum atomic E-state index is 0.220. The first kappa shape index (κ1) is 14.9. The van der Waals surface area contributed by atoms with Gasteiger partial charge in [-0.15, -0.1) is 0 Å². The molecule has 2 bridgehead atoms. The zero-order chi connectivity index (χ0) is 17.3. The molecule has 0 saturated carbocycles. The molecule has 2 aromatic rings. The van der Waals surface area contributed by atoms with Crippen molar-refractivity contribution in [3.05, 3.63) is 46.5 Å². The molecular formula is C20H22NO4+. The summed E-state index contributed by atoms with van der Waals surface area (Å²) in [4.78, 5) is 0. The van der Waals surface area contributed by atoms with E-state index in [9.17, 15) is 5.11 Å². The Hall–Kier alpha value is -2.40. The molecule has 3 aliphatic rings. The predicted molar refractivity (Wildman–Crippen MR) is 92.2 cm³/mol. The predicted octanol–water partition coefficient (Wildman–Crippen LogP) is 3.10. The molecule has 2 aromatic carbocycles. The lowest BCUT2D eigenvalue weighted by molar-refractivity contribution is -0.955. The van der Waals surface area contributed by atoms with Crippen LogP contribution < -0.4 is 14.2 Å². The summed E-state index contributed by atoms with van der Waals surface area (Å²) in [7, 11) is 6.19. The largest absolute Gasteiger partial charge is 0.504 e. The standard InChI is InChI=1S/C20H21NO4/c1-21(2)15-4-11-6-17(22)18(23-3)8-13(11)16(21)5-12-7-19-20(9-14(12)15)25-10-24-19/h6-9,15-16H,4-5,10H2,1-3H3/p+1. The summed E-state index contributed by atoms with van der Waals surface area (Å²) in [6.07, 6.45) is 1.83. The Labute approximate surface area is 146 Å². The number of phenols is 1. The summed E-state index contributed by atoms with van der Waals surface area (Å²) >= 11 is 0. The minimum Gasteiger partial charge on any atom is -0.504 e. The fourth-order valence-corrected chi connectivity index (χ4v) is 4.81. The molecule has 130 valence electrons. The van der Waals surface area contributed by atoms with E-state index in [1.165, 1.54) is 22.3 Å². The van der Waals surface area contributed by atoms with Crippen molar-refractivity contribution in [1.29, 1.82) is 0 Å². The first-order valence-electron chi connectivity index (χ1n) is 8.64. The van der Waals surface area contributed by atoms with Crippen LogP contribution in [0.3, 0.4) is 0 Å². The number of hydrogen-bond acceptors (Lipinski definition) is 4. The highest BCUT2D eigenvalue weighted by molar-refractivity contribution is 5.54. The van der Waals surface area contributed by atoms with Crippen molar-refractivity contribution < 1.29 is 23.8 Å². The molecule has 5 nitrogen and oxygen atoms in total. The maximum atomic E-state index is 10.2. The van der Waals surface area contributed by atoms with Gasteiger partial charge in [-0.25, -0.2) is 0 Å². The van der Waals surface area contributed by atoms with Gasteiger partial charge in [-0.1, -0.05) is 0 Å². The van der Waals surface area contributed by atoms with Gasteiger partial charge in [-0.05, 0) is 35.4 Å². The minimum absolute atomic E-state index is 0.220. The molecule has 0 aromatic heterocycles. The van der Waals surface area contributed by atoms with Crippen molar-refractivity contribution in [2.24, 2.45) is 0 Å². The molecule has 0 saturated heterocycles. The highest BCUT2D eigenvalue weighted by atomic mass is 16.7. The van der Waals surface area contributed by atoms with Gasteiger partial charge in [0.15, 0.2) is 23.0 Å². The Kier molecular flexibility index (Phi) is 2.87. The van der Waals surface area contributed by atoms with Crippen molar-refractivity contribution in [2.45, 2.75) is 24.9 Å². The Morgan fingerprint density at radius 3 is 2.24 bits per heavy atom. The summed E-state index contributed by atoms with van der Waals surface area (Å²) in [6.45, 7) is 0.301. The lowest BCUT2D eigenvalue weighted by Gasteiger charge is -2.52. The van der Waals surface area contributed by atoms with Crippen LogP contribution in [0.15, 0.2) is 24.3 Å². The number of quaternary nitrogens is 1. The number of likely N-dealkylation sites (N-methyl/N-ethyl adjacent to an activating group) is 1. The quantitative estimate of drug-likeness (QED) is 0.811. The van der Waals surface area contributed by atoms with Crippen LogP contribution in [0.5, 0.6) is 23.0 Å². The second-order valence-corrected chi connectivity index (χ2v) is 7.70. The maximum Gasteiger partial charge on any atom is 0.231 e. The van der Waals surface area contributed by atoms with E-state index in [1.54, 1.807) is 7.11 Å². The molecule has 3 aliphatic heterocycles. The molecule has 2 atom stereocenters. The third kappa shape index (κ3) is 1.93. The van der Waals surface area contributed by atoms with E-state index in [2.05, 4.69) is 26.2 Å². The molecule has 2 unspecified atom stereocenters. The smallest absolute Gasteiger partial charge is 0.231 e. The monoisotopic (exact) mass is 340 g/mol. The van der Waals surface area contributed by atoms with Gasteiger partial charge in [-0.3, -0.25) is 0 Å². The molecule has 0 fully saturated rings. The molecule has 5 heteroatoms. The van der Waals surface area contributed by atoms with E-state index in [-0.39, 0.29) is 5.75 Å². The zero-order valence-electron chi connectivity index (χ0n) is 14.7. The van der Waals surface area contributed by atoms with Crippen LogP contribution >= 0.6 is 0 Å². The van der Waals surface area contributed by atoms with Crippen LogP contribution in [0.2, 0.25) is 0 Å². The highest BCUT2D eigenvalue weighted by Crippen LogP contribution is 2.54. The maximum absolute atomic E-state index is 10.2. The normalized spacial score (nSPS) is 24.4. The third-order valence-electron chi connectivity index (χ3n) is 6.23. The number of hydrogen-bond donors (Lipinski definition) is 1. The molecule has 3 heterocycles. The van der Waals surface area contributed by atoms with E-state index in [0.29, 0.717) is 24.6 Å². The Morgan fingerprint density at radius 1 is 0.960 bits per heavy atom. The van der Waals surface area contributed by atoms with Crippen molar-refractivity contribution in [3.8, 4) is 23.0 Å². The van der Waals surface area contributed by atoms with Crippen LogP contribution in [0, 0.1) is 0 Å². The van der Waals surface area contributed by atoms with E-state index < -0.39 is 0 Å². The van der Waals surface area contributed by atoms with Crippen LogP contribution in [0.4, 0.5) is 0 Å². The van der Waals surface area contributed by atoms with Gasteiger partial charge >= 0.3 is 0 Å². The van der Waals surface area contributed by atoms with E-state index >= 15 is 0 Å². The number of ether oxygens (including phenoxy) is 3. The number of methoxy groups -OCH3 is 1. The molecule has 5 rings (SSSR count). The zero-order valence-corrected chi connectivity index (χ0v) is 14.7. The molecule has 0 amide bonds. The van der Waals surface area contributed by atoms with Gasteiger partial charge in [0.2, 0.25) is 6.79 Å². The second-order valence-electron chi connectivity index (χ2n) is 7.70. The van der Waals surface area contributed by atoms with Gasteiger partial charge in [0.05, 0.1) is 21.2 Å². The lowest BCUT2D eigenvalue weighted by Crippen LogP contribution is -2.53. The summed E-state index contributed by atoms with van der Waals surface area (Å²) < 4.78 is 17.4. The van der Waals surface area contributed by atoms with Gasteiger partial charge < -0.3 is 23.8 Å². The fourth-order valence-electron chi connectivity index (χ4n) is 4.81. The summed E-state index contributed by atoms with van der Waals surface area (Å²) in [5, 5.41) is 10.2. The number of nitrogens with zero attached hydrogens (tertiary/aromatic N) is 1. The molecule has 1 N–H and O–H groups in total. The highest BCUT2D eigenvalue weighted by Gasteiger charge is 2.49. The molecule has 25 heavy (non-hydrogen) atoms. The van der Waals surface area contributed by atoms with Crippen LogP contribution in [0.1, 0.15) is 34.3 Å². The van der Waals surface area contributed by atoms with Crippen LogP contribution in [0.25, 0.3) is 0 Å². The number of fused-ring (bicyclic) bond motifs is 7. The van der Waals surface area contributed by atoms with E-state index in [0.717, 1.165) is 28.8 Å². The van der Waals surface area contributed by atoms with Gasteiger partial charge in [0.25, 0.3) is 0 Å². The Balaban J connectivity index is 1.69. The Morgan fingerprint density at radius 2 is 1.56 bits per heavy atom.